The monoisotopic (exact) mass is 429 g/mol. The van der Waals surface area contributed by atoms with E-state index in [2.05, 4.69) is 5.32 Å². The van der Waals surface area contributed by atoms with Crippen LogP contribution in [0.2, 0.25) is 0 Å². The van der Waals surface area contributed by atoms with E-state index in [1.807, 2.05) is 18.7 Å². The molecular weight excluding hydrogens is 398 g/mol. The lowest BCUT2D eigenvalue weighted by atomic mass is 10.0. The van der Waals surface area contributed by atoms with Crippen LogP contribution in [0, 0.1) is 5.92 Å². The number of nitrogens with zero attached hydrogens (tertiary/aromatic N) is 2. The molecule has 1 N–H and O–H groups in total. The van der Waals surface area contributed by atoms with Crippen LogP contribution in [0.25, 0.3) is 0 Å². The molecule has 0 aliphatic carbocycles. The fourth-order valence-electron chi connectivity index (χ4n) is 4.02. The van der Waals surface area contributed by atoms with Gasteiger partial charge in [0.1, 0.15) is 0 Å². The predicted molar refractivity (Wildman–Crippen MR) is 115 cm³/mol. The number of hydrogen-bond acceptors (Lipinski definition) is 5. The zero-order chi connectivity index (χ0) is 22.5. The summed E-state index contributed by atoms with van der Waals surface area (Å²) in [4.78, 5) is 53.1. The standard InChI is InChI=1S/C23H31N3O5/c1-15(2)13-20(27)25-10-7-17(8-11-25)24-21(28)16-5-6-18-19(14-16)23(30)26(22(18)29)9-4-12-31-3/h5-6,14-15,17H,4,7-13H2,1-3H3,(H,24,28). The molecule has 0 bridgehead atoms. The third-order valence-electron chi connectivity index (χ3n) is 5.73. The van der Waals surface area contributed by atoms with E-state index in [4.69, 9.17) is 4.74 Å². The normalized spacial score (nSPS) is 16.8. The summed E-state index contributed by atoms with van der Waals surface area (Å²) in [6, 6.07) is 4.61. The maximum Gasteiger partial charge on any atom is 0.261 e. The number of piperidine rings is 1. The van der Waals surface area contributed by atoms with Gasteiger partial charge in [-0.2, -0.15) is 0 Å². The number of amides is 4. The van der Waals surface area contributed by atoms with Crippen LogP contribution in [0.5, 0.6) is 0 Å². The molecule has 168 valence electrons. The SMILES string of the molecule is COCCCN1C(=O)c2ccc(C(=O)NC3CCN(C(=O)CC(C)C)CC3)cc2C1=O. The van der Waals surface area contributed by atoms with Crippen LogP contribution < -0.4 is 5.32 Å². The van der Waals surface area contributed by atoms with Crippen LogP contribution in [-0.2, 0) is 9.53 Å². The van der Waals surface area contributed by atoms with Gasteiger partial charge in [0.2, 0.25) is 5.91 Å². The highest BCUT2D eigenvalue weighted by Crippen LogP contribution is 2.24. The van der Waals surface area contributed by atoms with Crippen LogP contribution in [0.3, 0.4) is 0 Å². The van der Waals surface area contributed by atoms with Crippen molar-refractivity contribution in [2.24, 2.45) is 5.92 Å². The number of imide groups is 1. The average molecular weight is 430 g/mol. The van der Waals surface area contributed by atoms with Crippen molar-refractivity contribution in [3.63, 3.8) is 0 Å². The Morgan fingerprint density at radius 3 is 2.45 bits per heavy atom. The van der Waals surface area contributed by atoms with Crippen LogP contribution >= 0.6 is 0 Å². The Labute approximate surface area is 182 Å². The number of likely N-dealkylation sites (tertiary alicyclic amines) is 1. The summed E-state index contributed by atoms with van der Waals surface area (Å²) in [5.74, 6) is -0.482. The van der Waals surface area contributed by atoms with Crippen molar-refractivity contribution in [2.75, 3.05) is 33.4 Å². The minimum atomic E-state index is -0.372. The number of ether oxygens (including phenoxy) is 1. The van der Waals surface area contributed by atoms with Crippen molar-refractivity contribution in [3.05, 3.63) is 34.9 Å². The predicted octanol–water partition coefficient (Wildman–Crippen LogP) is 2.09. The van der Waals surface area contributed by atoms with E-state index in [0.717, 1.165) is 0 Å². The van der Waals surface area contributed by atoms with E-state index in [0.29, 0.717) is 62.4 Å². The molecule has 0 saturated carbocycles. The van der Waals surface area contributed by atoms with E-state index in [-0.39, 0.29) is 41.8 Å². The third kappa shape index (κ3) is 5.31. The second-order valence-corrected chi connectivity index (χ2v) is 8.60. The molecule has 1 fully saturated rings. The lowest BCUT2D eigenvalue weighted by molar-refractivity contribution is -0.133. The van der Waals surface area contributed by atoms with Gasteiger partial charge < -0.3 is 15.0 Å². The molecule has 0 unspecified atom stereocenters. The molecule has 0 atom stereocenters. The minimum Gasteiger partial charge on any atom is -0.385 e. The second kappa shape index (κ2) is 10.0. The van der Waals surface area contributed by atoms with E-state index in [9.17, 15) is 19.2 Å². The van der Waals surface area contributed by atoms with E-state index in [1.165, 1.54) is 11.0 Å². The molecular formula is C23H31N3O5. The van der Waals surface area contributed by atoms with E-state index in [1.54, 1.807) is 19.2 Å². The first-order chi connectivity index (χ1) is 14.8. The molecule has 1 aromatic carbocycles. The molecule has 31 heavy (non-hydrogen) atoms. The number of nitrogens with one attached hydrogen (secondary N) is 1. The minimum absolute atomic E-state index is 0.0215. The number of carbonyl (C=O) groups is 4. The van der Waals surface area contributed by atoms with Crippen LogP contribution in [0.15, 0.2) is 18.2 Å². The van der Waals surface area contributed by atoms with Gasteiger partial charge in [0.25, 0.3) is 17.7 Å². The fourth-order valence-corrected chi connectivity index (χ4v) is 4.02. The topological polar surface area (TPSA) is 96.0 Å². The lowest BCUT2D eigenvalue weighted by Gasteiger charge is -2.32. The van der Waals surface area contributed by atoms with Gasteiger partial charge in [-0.1, -0.05) is 13.8 Å². The van der Waals surface area contributed by atoms with Crippen molar-refractivity contribution in [1.29, 1.82) is 0 Å². The van der Waals surface area contributed by atoms with Crippen molar-refractivity contribution < 1.29 is 23.9 Å². The second-order valence-electron chi connectivity index (χ2n) is 8.60. The van der Waals surface area contributed by atoms with E-state index < -0.39 is 0 Å². The molecule has 2 aliphatic rings. The molecule has 8 nitrogen and oxygen atoms in total. The molecule has 2 aliphatic heterocycles. The Bertz CT molecular complexity index is 859. The molecule has 8 heteroatoms. The largest absolute Gasteiger partial charge is 0.385 e. The smallest absolute Gasteiger partial charge is 0.261 e. The first-order valence-electron chi connectivity index (χ1n) is 10.9. The summed E-state index contributed by atoms with van der Waals surface area (Å²) >= 11 is 0. The number of rotatable bonds is 8. The third-order valence-corrected chi connectivity index (χ3v) is 5.73. The zero-order valence-corrected chi connectivity index (χ0v) is 18.5. The van der Waals surface area contributed by atoms with Crippen LogP contribution in [-0.4, -0.2) is 72.8 Å². The van der Waals surface area contributed by atoms with Crippen molar-refractivity contribution in [3.8, 4) is 0 Å². The Morgan fingerprint density at radius 2 is 1.81 bits per heavy atom. The fraction of sp³-hybridized carbons (Fsp3) is 0.565. The summed E-state index contributed by atoms with van der Waals surface area (Å²) in [6.07, 6.45) is 2.51. The Kier molecular flexibility index (Phi) is 7.43. The van der Waals surface area contributed by atoms with Crippen LogP contribution in [0.4, 0.5) is 0 Å². The first-order valence-corrected chi connectivity index (χ1v) is 10.9. The number of hydrogen-bond donors (Lipinski definition) is 1. The molecule has 4 amide bonds. The van der Waals surface area contributed by atoms with Gasteiger partial charge in [-0.05, 0) is 43.4 Å². The van der Waals surface area contributed by atoms with Gasteiger partial charge in [-0.15, -0.1) is 0 Å². The highest BCUT2D eigenvalue weighted by molar-refractivity contribution is 6.22. The molecule has 2 heterocycles. The molecule has 0 spiro atoms. The number of fused-ring (bicyclic) bond motifs is 1. The summed E-state index contributed by atoms with van der Waals surface area (Å²) in [6.45, 7) is 6.06. The first kappa shape index (κ1) is 22.9. The average Bonchev–Trinajstić information content (AvgIpc) is 2.98. The summed E-state index contributed by atoms with van der Waals surface area (Å²) in [5, 5.41) is 3.00. The highest BCUT2D eigenvalue weighted by Gasteiger charge is 2.35. The number of carbonyl (C=O) groups excluding carboxylic acids is 4. The molecule has 1 saturated heterocycles. The maximum atomic E-state index is 12.7. The number of methoxy groups -OCH3 is 1. The van der Waals surface area contributed by atoms with Gasteiger partial charge in [0.05, 0.1) is 11.1 Å². The van der Waals surface area contributed by atoms with Gasteiger partial charge in [-0.3, -0.25) is 24.1 Å². The molecule has 0 aromatic heterocycles. The van der Waals surface area contributed by atoms with Gasteiger partial charge in [0.15, 0.2) is 0 Å². The zero-order valence-electron chi connectivity index (χ0n) is 18.5. The Morgan fingerprint density at radius 1 is 1.13 bits per heavy atom. The summed E-state index contributed by atoms with van der Waals surface area (Å²) in [5.41, 5.74) is 0.956. The van der Waals surface area contributed by atoms with E-state index >= 15 is 0 Å². The van der Waals surface area contributed by atoms with Crippen molar-refractivity contribution in [2.45, 2.75) is 45.6 Å². The molecule has 0 radical (unpaired) electrons. The number of benzene rings is 1. The van der Waals surface area contributed by atoms with Gasteiger partial charge in [0, 0.05) is 51.4 Å². The van der Waals surface area contributed by atoms with Gasteiger partial charge in [-0.25, -0.2) is 0 Å². The Hall–Kier alpha value is -2.74. The quantitative estimate of drug-likeness (QED) is 0.504. The highest BCUT2D eigenvalue weighted by atomic mass is 16.5. The van der Waals surface area contributed by atoms with Crippen LogP contribution in [0.1, 0.15) is 70.6 Å². The summed E-state index contributed by atoms with van der Waals surface area (Å²) in [7, 11) is 1.57. The van der Waals surface area contributed by atoms with Gasteiger partial charge >= 0.3 is 0 Å². The van der Waals surface area contributed by atoms with Crippen molar-refractivity contribution >= 4 is 23.6 Å². The lowest BCUT2D eigenvalue weighted by Crippen LogP contribution is -2.46. The Balaban J connectivity index is 1.58. The molecule has 3 rings (SSSR count). The summed E-state index contributed by atoms with van der Waals surface area (Å²) < 4.78 is 4.98. The maximum absolute atomic E-state index is 12.7. The molecule has 1 aromatic rings. The van der Waals surface area contributed by atoms with Crippen molar-refractivity contribution in [1.82, 2.24) is 15.1 Å².